The first-order chi connectivity index (χ1) is 15.8. The molecule has 1 fully saturated rings. The largest absolute Gasteiger partial charge is 0.491 e. The molecule has 4 rings (SSSR count). The predicted molar refractivity (Wildman–Crippen MR) is 131 cm³/mol. The third-order valence-corrected chi connectivity index (χ3v) is 6.17. The van der Waals surface area contributed by atoms with Gasteiger partial charge in [0.25, 0.3) is 11.8 Å². The van der Waals surface area contributed by atoms with Gasteiger partial charge in [-0.2, -0.15) is 0 Å². The average molecular weight is 448 g/mol. The Kier molecular flexibility index (Phi) is 6.56. The molecule has 0 unspecified atom stereocenters. The number of imide groups is 1. The predicted octanol–water partition coefficient (Wildman–Crippen LogP) is 4.01. The molecule has 6 heteroatoms. The van der Waals surface area contributed by atoms with Crippen molar-refractivity contribution in [2.75, 3.05) is 37.6 Å². The van der Waals surface area contributed by atoms with Crippen LogP contribution in [0.4, 0.5) is 5.69 Å². The molecule has 2 aromatic carbocycles. The minimum Gasteiger partial charge on any atom is -0.491 e. The van der Waals surface area contributed by atoms with Gasteiger partial charge in [0, 0.05) is 26.2 Å². The molecule has 0 spiro atoms. The van der Waals surface area contributed by atoms with E-state index in [1.165, 1.54) is 4.90 Å². The van der Waals surface area contributed by atoms with Crippen LogP contribution in [-0.4, -0.2) is 60.4 Å². The van der Waals surface area contributed by atoms with Crippen LogP contribution < -0.4 is 9.64 Å². The highest BCUT2D eigenvalue weighted by Gasteiger charge is 2.43. The van der Waals surface area contributed by atoms with Crippen molar-refractivity contribution < 1.29 is 14.3 Å². The summed E-state index contributed by atoms with van der Waals surface area (Å²) in [5, 5.41) is 0. The Morgan fingerprint density at radius 2 is 1.48 bits per heavy atom. The Morgan fingerprint density at radius 1 is 0.879 bits per heavy atom. The number of ether oxygens (including phenoxy) is 1. The van der Waals surface area contributed by atoms with E-state index < -0.39 is 0 Å². The number of nitrogens with zero attached hydrogens (tertiary/aromatic N) is 3. The van der Waals surface area contributed by atoms with Crippen LogP contribution in [0.3, 0.4) is 0 Å². The molecular weight excluding hydrogens is 414 g/mol. The summed E-state index contributed by atoms with van der Waals surface area (Å²) < 4.78 is 5.77. The highest BCUT2D eigenvalue weighted by atomic mass is 16.5. The molecule has 2 aliphatic heterocycles. The van der Waals surface area contributed by atoms with Gasteiger partial charge in [0.2, 0.25) is 0 Å². The van der Waals surface area contributed by atoms with Crippen molar-refractivity contribution in [1.82, 2.24) is 9.80 Å². The Morgan fingerprint density at radius 3 is 2.03 bits per heavy atom. The van der Waals surface area contributed by atoms with Crippen molar-refractivity contribution in [3.05, 3.63) is 64.9 Å². The summed E-state index contributed by atoms with van der Waals surface area (Å²) in [6.45, 7) is 14.2. The molecule has 0 atom stereocenters. The lowest BCUT2D eigenvalue weighted by Crippen LogP contribution is -2.47. The lowest BCUT2D eigenvalue weighted by atomic mass is 10.0. The Balaban J connectivity index is 1.76. The highest BCUT2D eigenvalue weighted by molar-refractivity contribution is 6.45. The summed E-state index contributed by atoms with van der Waals surface area (Å²) in [7, 11) is 0. The van der Waals surface area contributed by atoms with Crippen LogP contribution in [0.15, 0.2) is 48.2 Å². The minimum absolute atomic E-state index is 0.0650. The monoisotopic (exact) mass is 447 g/mol. The van der Waals surface area contributed by atoms with Crippen LogP contribution in [0.5, 0.6) is 5.75 Å². The minimum atomic E-state index is -0.268. The number of aryl methyl sites for hydroxylation is 2. The van der Waals surface area contributed by atoms with Crippen molar-refractivity contribution in [3.63, 3.8) is 0 Å². The molecule has 0 N–H and O–H groups in total. The van der Waals surface area contributed by atoms with Gasteiger partial charge in [-0.1, -0.05) is 25.1 Å². The summed E-state index contributed by atoms with van der Waals surface area (Å²) in [5.74, 6) is 0.235. The number of anilines is 1. The SMILES string of the molecule is CCN1CCN(C2=C(c3ccc(OC(C)C)cc3)C(=O)N(c3cc(C)cc(C)c3)C2=O)CC1. The number of hydrogen-bond donors (Lipinski definition) is 0. The molecule has 0 aromatic heterocycles. The fraction of sp³-hybridized carbons (Fsp3) is 0.407. The molecule has 2 aliphatic rings. The average Bonchev–Trinajstić information content (AvgIpc) is 3.03. The summed E-state index contributed by atoms with van der Waals surface area (Å²) in [5.41, 5.74) is 4.39. The quantitative estimate of drug-likeness (QED) is 0.627. The van der Waals surface area contributed by atoms with E-state index in [9.17, 15) is 9.59 Å². The molecule has 174 valence electrons. The highest BCUT2D eigenvalue weighted by Crippen LogP contribution is 2.36. The van der Waals surface area contributed by atoms with Gasteiger partial charge in [-0.3, -0.25) is 9.59 Å². The second-order valence-electron chi connectivity index (χ2n) is 9.13. The maximum absolute atomic E-state index is 13.8. The molecule has 0 saturated carbocycles. The van der Waals surface area contributed by atoms with Gasteiger partial charge in [0.1, 0.15) is 11.4 Å². The lowest BCUT2D eigenvalue weighted by molar-refractivity contribution is -0.120. The van der Waals surface area contributed by atoms with E-state index in [4.69, 9.17) is 4.74 Å². The van der Waals surface area contributed by atoms with Crippen LogP contribution in [-0.2, 0) is 9.59 Å². The molecule has 6 nitrogen and oxygen atoms in total. The summed E-state index contributed by atoms with van der Waals surface area (Å²) >= 11 is 0. The van der Waals surface area contributed by atoms with E-state index in [2.05, 4.69) is 16.7 Å². The van der Waals surface area contributed by atoms with Crippen molar-refractivity contribution in [3.8, 4) is 5.75 Å². The number of piperazine rings is 1. The van der Waals surface area contributed by atoms with Crippen LogP contribution >= 0.6 is 0 Å². The van der Waals surface area contributed by atoms with Gasteiger partial charge >= 0.3 is 0 Å². The fourth-order valence-electron chi connectivity index (χ4n) is 4.65. The van der Waals surface area contributed by atoms with Crippen LogP contribution in [0.25, 0.3) is 5.57 Å². The number of carbonyl (C=O) groups is 2. The summed E-state index contributed by atoms with van der Waals surface area (Å²) in [6, 6.07) is 13.3. The molecular formula is C27H33N3O3. The maximum atomic E-state index is 13.8. The summed E-state index contributed by atoms with van der Waals surface area (Å²) in [4.78, 5) is 33.3. The van der Waals surface area contributed by atoms with Crippen molar-refractivity contribution in [2.45, 2.75) is 40.7 Å². The van der Waals surface area contributed by atoms with Gasteiger partial charge in [-0.15, -0.1) is 0 Å². The van der Waals surface area contributed by atoms with Gasteiger partial charge in [-0.25, -0.2) is 4.90 Å². The number of hydrogen-bond acceptors (Lipinski definition) is 5. The van der Waals surface area contributed by atoms with Gasteiger partial charge in [0.05, 0.1) is 17.4 Å². The van der Waals surface area contributed by atoms with E-state index in [0.717, 1.165) is 55.2 Å². The molecule has 2 aromatic rings. The molecule has 0 radical (unpaired) electrons. The topological polar surface area (TPSA) is 53.1 Å². The molecule has 0 aliphatic carbocycles. The van der Waals surface area contributed by atoms with E-state index in [0.29, 0.717) is 17.0 Å². The number of benzene rings is 2. The first-order valence-electron chi connectivity index (χ1n) is 11.7. The van der Waals surface area contributed by atoms with Crippen LogP contribution in [0.2, 0.25) is 0 Å². The van der Waals surface area contributed by atoms with Crippen LogP contribution in [0.1, 0.15) is 37.5 Å². The Labute approximate surface area is 196 Å². The second-order valence-corrected chi connectivity index (χ2v) is 9.13. The third-order valence-electron chi connectivity index (χ3n) is 6.17. The second kappa shape index (κ2) is 9.40. The number of carbonyl (C=O) groups excluding carboxylic acids is 2. The first-order valence-corrected chi connectivity index (χ1v) is 11.7. The molecule has 2 heterocycles. The van der Waals surface area contributed by atoms with Gasteiger partial charge in [-0.05, 0) is 75.2 Å². The van der Waals surface area contributed by atoms with Gasteiger partial charge in [0.15, 0.2) is 0 Å². The first kappa shape index (κ1) is 23.1. The lowest BCUT2D eigenvalue weighted by Gasteiger charge is -2.36. The van der Waals surface area contributed by atoms with E-state index in [1.54, 1.807) is 0 Å². The van der Waals surface area contributed by atoms with Crippen molar-refractivity contribution in [2.24, 2.45) is 0 Å². The molecule has 33 heavy (non-hydrogen) atoms. The molecule has 1 saturated heterocycles. The number of likely N-dealkylation sites (N-methyl/N-ethyl adjacent to an activating group) is 1. The number of rotatable bonds is 6. The zero-order chi connectivity index (χ0) is 23.7. The maximum Gasteiger partial charge on any atom is 0.282 e. The number of amides is 2. The standard InChI is InChI=1S/C27H33N3O3/c1-6-28-11-13-29(14-12-28)25-24(21-7-9-23(10-8-21)33-18(2)3)26(31)30(27(25)32)22-16-19(4)15-20(5)17-22/h7-10,15-18H,6,11-14H2,1-5H3. The van der Waals surface area contributed by atoms with Gasteiger partial charge < -0.3 is 14.5 Å². The van der Waals surface area contributed by atoms with Crippen LogP contribution in [0, 0.1) is 13.8 Å². The van der Waals surface area contributed by atoms with Crippen molar-refractivity contribution >= 4 is 23.1 Å². The third kappa shape index (κ3) is 4.67. The Bertz CT molecular complexity index is 1060. The van der Waals surface area contributed by atoms with Crippen molar-refractivity contribution in [1.29, 1.82) is 0 Å². The van der Waals surface area contributed by atoms with E-state index in [-0.39, 0.29) is 17.9 Å². The summed E-state index contributed by atoms with van der Waals surface area (Å²) in [6.07, 6.45) is 0.0650. The zero-order valence-corrected chi connectivity index (χ0v) is 20.2. The zero-order valence-electron chi connectivity index (χ0n) is 20.2. The molecule has 2 amide bonds. The fourth-order valence-corrected chi connectivity index (χ4v) is 4.65. The van der Waals surface area contributed by atoms with E-state index >= 15 is 0 Å². The van der Waals surface area contributed by atoms with E-state index in [1.807, 2.05) is 70.2 Å². The Hall–Kier alpha value is -3.12. The smallest absolute Gasteiger partial charge is 0.282 e. The normalized spacial score (nSPS) is 17.5. The molecule has 0 bridgehead atoms.